The number of nitrogens with zero attached hydrogens (tertiary/aromatic N) is 2. The highest BCUT2D eigenvalue weighted by Gasteiger charge is 2.29. The first-order valence-electron chi connectivity index (χ1n) is 9.33. The van der Waals surface area contributed by atoms with Gasteiger partial charge < -0.3 is 9.15 Å². The van der Waals surface area contributed by atoms with E-state index in [-0.39, 0.29) is 11.3 Å². The molecule has 1 atom stereocenters. The Morgan fingerprint density at radius 2 is 1.62 bits per heavy atom. The Kier molecular flexibility index (Phi) is 3.32. The van der Waals surface area contributed by atoms with Crippen LogP contribution in [0.15, 0.2) is 88.3 Å². The molecule has 1 unspecified atom stereocenters. The molecule has 0 amide bonds. The monoisotopic (exact) mass is 378 g/mol. The van der Waals surface area contributed by atoms with E-state index in [4.69, 9.17) is 9.15 Å². The van der Waals surface area contributed by atoms with E-state index in [1.54, 1.807) is 24.5 Å². The first-order valence-corrected chi connectivity index (χ1v) is 9.33. The van der Waals surface area contributed by atoms with Crippen molar-refractivity contribution in [2.24, 2.45) is 0 Å². The Morgan fingerprint density at radius 3 is 2.59 bits per heavy atom. The van der Waals surface area contributed by atoms with Crippen molar-refractivity contribution >= 4 is 22.1 Å². The molecule has 0 bridgehead atoms. The van der Waals surface area contributed by atoms with Crippen molar-refractivity contribution in [1.82, 2.24) is 9.97 Å². The van der Waals surface area contributed by atoms with Crippen molar-refractivity contribution in [3.05, 3.63) is 106 Å². The Labute approximate surface area is 165 Å². The van der Waals surface area contributed by atoms with Gasteiger partial charge in [-0.05, 0) is 42.0 Å². The molecule has 29 heavy (non-hydrogen) atoms. The molecule has 0 saturated carbocycles. The van der Waals surface area contributed by atoms with Gasteiger partial charge in [0.2, 0.25) is 17.0 Å². The maximum absolute atomic E-state index is 12.8. The van der Waals surface area contributed by atoms with E-state index in [0.717, 1.165) is 22.4 Å². The molecule has 2 aromatic carbocycles. The van der Waals surface area contributed by atoms with Gasteiger partial charge >= 0.3 is 0 Å². The first kappa shape index (κ1) is 16.0. The molecule has 5 aromatic rings. The maximum atomic E-state index is 12.8. The predicted octanol–water partition coefficient (Wildman–Crippen LogP) is 5.02. The highest BCUT2D eigenvalue weighted by atomic mass is 16.5. The number of rotatable bonds is 1. The molecule has 0 aliphatic carbocycles. The summed E-state index contributed by atoms with van der Waals surface area (Å²) in [6.45, 7) is 0. The van der Waals surface area contributed by atoms with Gasteiger partial charge in [-0.3, -0.25) is 4.79 Å². The zero-order chi connectivity index (χ0) is 19.4. The molecule has 0 fully saturated rings. The van der Waals surface area contributed by atoms with E-state index in [0.29, 0.717) is 27.9 Å². The molecular formula is C24H14N2O3. The summed E-state index contributed by atoms with van der Waals surface area (Å²) in [5, 5.41) is 1.03. The topological polar surface area (TPSA) is 65.2 Å². The van der Waals surface area contributed by atoms with E-state index in [9.17, 15) is 4.79 Å². The first-order chi connectivity index (χ1) is 14.3. The number of para-hydroxylation sites is 1. The summed E-state index contributed by atoms with van der Waals surface area (Å²) >= 11 is 0. The fourth-order valence-electron chi connectivity index (χ4n) is 4.04. The molecule has 0 N–H and O–H groups in total. The van der Waals surface area contributed by atoms with Gasteiger partial charge in [0.25, 0.3) is 0 Å². The molecule has 1 aliphatic heterocycles. The van der Waals surface area contributed by atoms with E-state index >= 15 is 0 Å². The van der Waals surface area contributed by atoms with E-state index in [2.05, 4.69) is 16.0 Å². The van der Waals surface area contributed by atoms with Gasteiger partial charge in [0.1, 0.15) is 11.3 Å². The van der Waals surface area contributed by atoms with E-state index < -0.39 is 0 Å². The van der Waals surface area contributed by atoms with Crippen LogP contribution in [0.1, 0.15) is 22.6 Å². The van der Waals surface area contributed by atoms with Crippen LogP contribution in [0.4, 0.5) is 0 Å². The minimum absolute atomic E-state index is 0.0715. The average molecular weight is 378 g/mol. The summed E-state index contributed by atoms with van der Waals surface area (Å²) in [6, 6.07) is 21.1. The number of benzene rings is 2. The lowest BCUT2D eigenvalue weighted by Gasteiger charge is -2.27. The third-order valence-corrected chi connectivity index (χ3v) is 5.35. The van der Waals surface area contributed by atoms with Crippen LogP contribution in [0.2, 0.25) is 0 Å². The Morgan fingerprint density at radius 1 is 0.793 bits per heavy atom. The number of hydrogen-bond acceptors (Lipinski definition) is 5. The number of aromatic nitrogens is 2. The summed E-state index contributed by atoms with van der Waals surface area (Å²) in [5.74, 6) is 1.31. The Hall–Kier alpha value is -3.99. The van der Waals surface area contributed by atoms with Crippen molar-refractivity contribution in [1.29, 1.82) is 0 Å². The third kappa shape index (κ3) is 2.37. The SMILES string of the molecule is O=c1c2ccc(C3c4ccccc4Oc4ncccc43)cc2oc2ncccc12. The summed E-state index contributed by atoms with van der Waals surface area (Å²) < 4.78 is 12.0. The molecule has 138 valence electrons. The second-order valence-electron chi connectivity index (χ2n) is 7.01. The number of fused-ring (bicyclic) bond motifs is 4. The van der Waals surface area contributed by atoms with Crippen molar-refractivity contribution in [3.63, 3.8) is 0 Å². The molecule has 4 heterocycles. The lowest BCUT2D eigenvalue weighted by molar-refractivity contribution is 0.434. The van der Waals surface area contributed by atoms with Gasteiger partial charge in [0.05, 0.1) is 10.8 Å². The van der Waals surface area contributed by atoms with Crippen LogP contribution in [0, 0.1) is 0 Å². The molecule has 3 aromatic heterocycles. The number of pyridine rings is 2. The minimum atomic E-state index is -0.0738. The van der Waals surface area contributed by atoms with Crippen molar-refractivity contribution < 1.29 is 9.15 Å². The lowest BCUT2D eigenvalue weighted by Crippen LogP contribution is -2.13. The van der Waals surface area contributed by atoms with Gasteiger partial charge in [-0.1, -0.05) is 30.3 Å². The zero-order valence-electron chi connectivity index (χ0n) is 15.2. The van der Waals surface area contributed by atoms with E-state index in [1.165, 1.54) is 0 Å². The zero-order valence-corrected chi connectivity index (χ0v) is 15.2. The van der Waals surface area contributed by atoms with Gasteiger partial charge in [-0.2, -0.15) is 0 Å². The molecule has 0 saturated heterocycles. The predicted molar refractivity (Wildman–Crippen MR) is 109 cm³/mol. The van der Waals surface area contributed by atoms with Gasteiger partial charge in [0, 0.05) is 29.4 Å². The number of hydrogen-bond donors (Lipinski definition) is 0. The highest BCUT2D eigenvalue weighted by Crippen LogP contribution is 2.46. The van der Waals surface area contributed by atoms with Gasteiger partial charge in [-0.15, -0.1) is 0 Å². The Balaban J connectivity index is 1.63. The number of ether oxygens (including phenoxy) is 1. The smallest absolute Gasteiger partial charge is 0.230 e. The van der Waals surface area contributed by atoms with Gasteiger partial charge in [-0.25, -0.2) is 9.97 Å². The minimum Gasteiger partial charge on any atom is -0.438 e. The molecule has 6 rings (SSSR count). The van der Waals surface area contributed by atoms with Crippen LogP contribution >= 0.6 is 0 Å². The average Bonchev–Trinajstić information content (AvgIpc) is 2.77. The fourth-order valence-corrected chi connectivity index (χ4v) is 4.04. The molecule has 0 spiro atoms. The Bertz CT molecular complexity index is 1430. The largest absolute Gasteiger partial charge is 0.438 e. The van der Waals surface area contributed by atoms with Crippen LogP contribution in [0.5, 0.6) is 11.6 Å². The van der Waals surface area contributed by atoms with Crippen LogP contribution in [0.3, 0.4) is 0 Å². The van der Waals surface area contributed by atoms with Crippen molar-refractivity contribution in [2.45, 2.75) is 5.92 Å². The second-order valence-corrected chi connectivity index (χ2v) is 7.01. The molecule has 5 heteroatoms. The van der Waals surface area contributed by atoms with Gasteiger partial charge in [0.15, 0.2) is 0 Å². The van der Waals surface area contributed by atoms with Crippen LogP contribution < -0.4 is 10.2 Å². The lowest BCUT2D eigenvalue weighted by atomic mass is 9.83. The normalized spacial score (nSPS) is 15.0. The van der Waals surface area contributed by atoms with Crippen LogP contribution in [0.25, 0.3) is 22.1 Å². The van der Waals surface area contributed by atoms with Crippen LogP contribution in [-0.4, -0.2) is 9.97 Å². The maximum Gasteiger partial charge on any atom is 0.230 e. The molecule has 5 nitrogen and oxygen atoms in total. The summed E-state index contributed by atoms with van der Waals surface area (Å²) in [7, 11) is 0. The summed E-state index contributed by atoms with van der Waals surface area (Å²) in [5.41, 5.74) is 3.82. The molecule has 1 aliphatic rings. The van der Waals surface area contributed by atoms with Crippen molar-refractivity contribution in [2.75, 3.05) is 0 Å². The fraction of sp³-hybridized carbons (Fsp3) is 0.0417. The summed E-state index contributed by atoms with van der Waals surface area (Å²) in [6.07, 6.45) is 3.35. The van der Waals surface area contributed by atoms with Crippen molar-refractivity contribution in [3.8, 4) is 11.6 Å². The third-order valence-electron chi connectivity index (χ3n) is 5.35. The quantitative estimate of drug-likeness (QED) is 0.376. The summed E-state index contributed by atoms with van der Waals surface area (Å²) in [4.78, 5) is 21.5. The van der Waals surface area contributed by atoms with Crippen LogP contribution in [-0.2, 0) is 0 Å². The van der Waals surface area contributed by atoms with E-state index in [1.807, 2.05) is 48.5 Å². The highest BCUT2D eigenvalue weighted by molar-refractivity contribution is 5.88. The second kappa shape index (κ2) is 6.01. The standard InChI is InChI=1S/C24H14N2O3/c27-22-16-10-9-14(13-20(16)29-24-18(22)7-4-12-26-24)21-15-5-1-2-8-19(15)28-23-17(21)6-3-11-25-23/h1-13,21H. The molecular weight excluding hydrogens is 364 g/mol. The molecule has 0 radical (unpaired) electrons.